The van der Waals surface area contributed by atoms with Crippen molar-refractivity contribution >= 4 is 23.8 Å². The predicted octanol–water partition coefficient (Wildman–Crippen LogP) is 0.374. The molecule has 0 aliphatic carbocycles. The molecule has 5 amide bonds. The van der Waals surface area contributed by atoms with Crippen LogP contribution in [0.5, 0.6) is 0 Å². The molecule has 0 spiro atoms. The maximum absolute atomic E-state index is 12.2. The second kappa shape index (κ2) is 5.97. The number of urea groups is 1. The Morgan fingerprint density at radius 2 is 1.77 bits per heavy atom. The molecule has 7 heteroatoms. The van der Waals surface area contributed by atoms with Crippen molar-refractivity contribution in [1.82, 2.24) is 14.7 Å². The van der Waals surface area contributed by atoms with Crippen LogP contribution in [-0.4, -0.2) is 59.1 Å². The maximum Gasteiger partial charge on any atom is 0.334 e. The lowest BCUT2D eigenvalue weighted by molar-refractivity contribution is -0.144. The molecule has 1 aliphatic rings. The number of hydrogen-bond acceptors (Lipinski definition) is 4. The van der Waals surface area contributed by atoms with Gasteiger partial charge < -0.3 is 4.90 Å². The van der Waals surface area contributed by atoms with E-state index in [1.165, 1.54) is 11.9 Å². The lowest BCUT2D eigenvalue weighted by Crippen LogP contribution is -2.41. The van der Waals surface area contributed by atoms with Gasteiger partial charge >= 0.3 is 17.8 Å². The number of hydrogen-bond donors (Lipinski definition) is 0. The minimum atomic E-state index is -0.967. The summed E-state index contributed by atoms with van der Waals surface area (Å²) in [7, 11) is 2.80. The maximum atomic E-state index is 12.2. The number of aryl methyl sites for hydroxylation is 1. The van der Waals surface area contributed by atoms with Gasteiger partial charge in [0.25, 0.3) is 0 Å². The molecule has 0 aromatic heterocycles. The van der Waals surface area contributed by atoms with Gasteiger partial charge in [-0.25, -0.2) is 9.69 Å². The molecule has 1 aromatic rings. The highest BCUT2D eigenvalue weighted by Crippen LogP contribution is 2.12. The van der Waals surface area contributed by atoms with Gasteiger partial charge in [0.05, 0.1) is 0 Å². The summed E-state index contributed by atoms with van der Waals surface area (Å²) >= 11 is 0. The van der Waals surface area contributed by atoms with Crippen molar-refractivity contribution in [2.45, 2.75) is 13.5 Å². The van der Waals surface area contributed by atoms with Gasteiger partial charge in [-0.05, 0) is 18.1 Å². The first-order valence-corrected chi connectivity index (χ1v) is 6.75. The zero-order chi connectivity index (χ0) is 16.4. The topological polar surface area (TPSA) is 78.0 Å². The Balaban J connectivity index is 2.03. The van der Waals surface area contributed by atoms with Gasteiger partial charge in [0, 0.05) is 20.6 Å². The van der Waals surface area contributed by atoms with Gasteiger partial charge in [0.2, 0.25) is 5.91 Å². The Bertz CT molecular complexity index is 656. The highest BCUT2D eigenvalue weighted by Gasteiger charge is 2.43. The van der Waals surface area contributed by atoms with E-state index in [-0.39, 0.29) is 0 Å². The average molecular weight is 303 g/mol. The second-order valence-corrected chi connectivity index (χ2v) is 5.21. The Kier molecular flexibility index (Phi) is 4.25. The van der Waals surface area contributed by atoms with Crippen LogP contribution in [0.3, 0.4) is 0 Å². The molecule has 1 fully saturated rings. The molecule has 2 rings (SSSR count). The van der Waals surface area contributed by atoms with Gasteiger partial charge in [-0.3, -0.25) is 19.3 Å². The Labute approximate surface area is 128 Å². The van der Waals surface area contributed by atoms with Crippen LogP contribution >= 0.6 is 0 Å². The summed E-state index contributed by atoms with van der Waals surface area (Å²) in [4.78, 5) is 49.7. The van der Waals surface area contributed by atoms with E-state index in [0.29, 0.717) is 16.3 Å². The smallest absolute Gasteiger partial charge is 0.334 e. The van der Waals surface area contributed by atoms with E-state index in [1.54, 1.807) is 7.05 Å². The highest BCUT2D eigenvalue weighted by atomic mass is 16.2. The number of amides is 5. The molecule has 0 N–H and O–H groups in total. The first-order chi connectivity index (χ1) is 10.3. The fourth-order valence-electron chi connectivity index (χ4n) is 2.14. The zero-order valence-corrected chi connectivity index (χ0v) is 12.7. The van der Waals surface area contributed by atoms with Crippen molar-refractivity contribution in [3.63, 3.8) is 0 Å². The molecule has 0 atom stereocenters. The third kappa shape index (κ3) is 2.83. The van der Waals surface area contributed by atoms with E-state index >= 15 is 0 Å². The summed E-state index contributed by atoms with van der Waals surface area (Å²) in [6.07, 6.45) is 0. The Hall–Kier alpha value is -2.70. The van der Waals surface area contributed by atoms with E-state index in [2.05, 4.69) is 0 Å². The van der Waals surface area contributed by atoms with Crippen LogP contribution < -0.4 is 0 Å². The average Bonchev–Trinajstić information content (AvgIpc) is 2.67. The standard InChI is InChI=1S/C15H17N3O4/c1-10-6-4-5-7-11(10)8-16(2)12(19)9-18-14(21)13(20)17(3)15(18)22/h4-7H,8-9H2,1-3H3. The molecular weight excluding hydrogens is 286 g/mol. The summed E-state index contributed by atoms with van der Waals surface area (Å²) < 4.78 is 0. The summed E-state index contributed by atoms with van der Waals surface area (Å²) in [5, 5.41) is 0. The van der Waals surface area contributed by atoms with Crippen LogP contribution in [0, 0.1) is 6.92 Å². The van der Waals surface area contributed by atoms with E-state index in [9.17, 15) is 19.2 Å². The van der Waals surface area contributed by atoms with Crippen molar-refractivity contribution in [2.24, 2.45) is 0 Å². The van der Waals surface area contributed by atoms with Crippen LogP contribution in [-0.2, 0) is 20.9 Å². The fraction of sp³-hybridized carbons (Fsp3) is 0.333. The van der Waals surface area contributed by atoms with Crippen LogP contribution in [0.15, 0.2) is 24.3 Å². The van der Waals surface area contributed by atoms with E-state index < -0.39 is 30.3 Å². The van der Waals surface area contributed by atoms with E-state index in [1.807, 2.05) is 31.2 Å². The number of nitrogens with zero attached hydrogens (tertiary/aromatic N) is 3. The van der Waals surface area contributed by atoms with Crippen LogP contribution in [0.1, 0.15) is 11.1 Å². The molecule has 7 nitrogen and oxygen atoms in total. The Morgan fingerprint density at radius 1 is 1.14 bits per heavy atom. The van der Waals surface area contributed by atoms with Gasteiger partial charge in [-0.15, -0.1) is 0 Å². The summed E-state index contributed by atoms with van der Waals surface area (Å²) in [6, 6.07) is 6.86. The van der Waals surface area contributed by atoms with Gasteiger partial charge in [0.1, 0.15) is 6.54 Å². The third-order valence-corrected chi connectivity index (χ3v) is 3.64. The molecule has 0 bridgehead atoms. The molecule has 0 radical (unpaired) electrons. The predicted molar refractivity (Wildman–Crippen MR) is 77.5 cm³/mol. The number of imide groups is 2. The largest absolute Gasteiger partial charge is 0.340 e. The number of benzene rings is 1. The summed E-state index contributed by atoms with van der Waals surface area (Å²) in [6.45, 7) is 1.87. The molecule has 22 heavy (non-hydrogen) atoms. The lowest BCUT2D eigenvalue weighted by Gasteiger charge is -2.21. The van der Waals surface area contributed by atoms with Crippen molar-refractivity contribution in [2.75, 3.05) is 20.6 Å². The highest BCUT2D eigenvalue weighted by molar-refractivity contribution is 6.44. The molecule has 0 saturated carbocycles. The summed E-state index contributed by atoms with van der Waals surface area (Å²) in [5.74, 6) is -2.29. The number of carbonyl (C=O) groups excluding carboxylic acids is 4. The Morgan fingerprint density at radius 3 is 2.32 bits per heavy atom. The lowest BCUT2D eigenvalue weighted by atomic mass is 10.1. The zero-order valence-electron chi connectivity index (χ0n) is 12.7. The quantitative estimate of drug-likeness (QED) is 0.595. The number of rotatable bonds is 4. The van der Waals surface area contributed by atoms with Crippen LogP contribution in [0.25, 0.3) is 0 Å². The van der Waals surface area contributed by atoms with Crippen LogP contribution in [0.4, 0.5) is 4.79 Å². The SMILES string of the molecule is Cc1ccccc1CN(C)C(=O)CN1C(=O)C(=O)N(C)C1=O. The normalized spacial score (nSPS) is 14.8. The van der Waals surface area contributed by atoms with Gasteiger partial charge in [-0.2, -0.15) is 0 Å². The molecular formula is C15H17N3O4. The van der Waals surface area contributed by atoms with Crippen molar-refractivity contribution in [1.29, 1.82) is 0 Å². The molecule has 1 aliphatic heterocycles. The van der Waals surface area contributed by atoms with Crippen molar-refractivity contribution < 1.29 is 19.2 Å². The fourth-order valence-corrected chi connectivity index (χ4v) is 2.14. The minimum absolute atomic E-state index is 0.367. The first kappa shape index (κ1) is 15.7. The van der Waals surface area contributed by atoms with Crippen molar-refractivity contribution in [3.05, 3.63) is 35.4 Å². The monoisotopic (exact) mass is 303 g/mol. The van der Waals surface area contributed by atoms with Gasteiger partial charge in [-0.1, -0.05) is 24.3 Å². The molecule has 1 heterocycles. The van der Waals surface area contributed by atoms with E-state index in [0.717, 1.165) is 11.1 Å². The molecule has 1 saturated heterocycles. The van der Waals surface area contributed by atoms with E-state index in [4.69, 9.17) is 0 Å². The van der Waals surface area contributed by atoms with Gasteiger partial charge in [0.15, 0.2) is 0 Å². The molecule has 0 unspecified atom stereocenters. The number of carbonyl (C=O) groups is 4. The third-order valence-electron chi connectivity index (χ3n) is 3.64. The number of likely N-dealkylation sites (N-methyl/N-ethyl adjacent to an activating group) is 2. The van der Waals surface area contributed by atoms with Crippen molar-refractivity contribution in [3.8, 4) is 0 Å². The van der Waals surface area contributed by atoms with Crippen LogP contribution in [0.2, 0.25) is 0 Å². The second-order valence-electron chi connectivity index (χ2n) is 5.21. The summed E-state index contributed by atoms with van der Waals surface area (Å²) in [5.41, 5.74) is 2.02. The first-order valence-electron chi connectivity index (χ1n) is 6.75. The molecule has 116 valence electrons. The minimum Gasteiger partial charge on any atom is -0.340 e. The molecule has 1 aromatic carbocycles.